The van der Waals surface area contributed by atoms with Crippen molar-refractivity contribution < 1.29 is 0 Å². The van der Waals surface area contributed by atoms with Crippen LogP contribution in [0, 0.1) is 0 Å². The molecule has 0 aliphatic carbocycles. The van der Waals surface area contributed by atoms with Crippen LogP contribution in [0.15, 0.2) is 206 Å². The second-order valence-corrected chi connectivity index (χ2v) is 14.2. The molecule has 0 bridgehead atoms. The van der Waals surface area contributed by atoms with Gasteiger partial charge in [-0.2, -0.15) is 0 Å². The molecule has 56 heavy (non-hydrogen) atoms. The van der Waals surface area contributed by atoms with Crippen LogP contribution < -0.4 is 0 Å². The van der Waals surface area contributed by atoms with Crippen molar-refractivity contribution in [1.82, 2.24) is 19.1 Å². The first-order chi connectivity index (χ1) is 27.8. The van der Waals surface area contributed by atoms with E-state index in [0.717, 1.165) is 55.6 Å². The average molecular weight is 715 g/mol. The van der Waals surface area contributed by atoms with E-state index in [1.54, 1.807) is 0 Å². The molecule has 0 amide bonds. The van der Waals surface area contributed by atoms with Gasteiger partial charge in [-0.1, -0.05) is 170 Å². The Balaban J connectivity index is 1.28. The lowest BCUT2D eigenvalue weighted by molar-refractivity contribution is 0.995. The van der Waals surface area contributed by atoms with E-state index in [4.69, 9.17) is 9.97 Å². The summed E-state index contributed by atoms with van der Waals surface area (Å²) < 4.78 is 4.70. The first-order valence-electron chi connectivity index (χ1n) is 19.0. The Morgan fingerprint density at radius 1 is 0.339 bits per heavy atom. The van der Waals surface area contributed by atoms with Gasteiger partial charge < -0.3 is 4.57 Å². The minimum atomic E-state index is 0.633. The van der Waals surface area contributed by atoms with Gasteiger partial charge in [0, 0.05) is 43.9 Å². The predicted octanol–water partition coefficient (Wildman–Crippen LogP) is 13.3. The van der Waals surface area contributed by atoms with Crippen molar-refractivity contribution in [3.63, 3.8) is 0 Å². The fraction of sp³-hybridized carbons (Fsp3) is 0. The van der Waals surface area contributed by atoms with Crippen LogP contribution in [0.25, 0.3) is 100 Å². The number of fused-ring (bicyclic) bond motifs is 6. The zero-order valence-corrected chi connectivity index (χ0v) is 30.4. The molecule has 3 aromatic heterocycles. The average Bonchev–Trinajstić information content (AvgIpc) is 3.80. The van der Waals surface area contributed by atoms with E-state index in [-0.39, 0.29) is 0 Å². The Morgan fingerprint density at radius 2 is 0.857 bits per heavy atom. The number of hydrogen-bond acceptors (Lipinski definition) is 2. The van der Waals surface area contributed by atoms with Gasteiger partial charge >= 0.3 is 0 Å². The fourth-order valence-electron chi connectivity index (χ4n) is 8.53. The first kappa shape index (κ1) is 31.9. The Morgan fingerprint density at radius 3 is 1.50 bits per heavy atom. The van der Waals surface area contributed by atoms with Gasteiger partial charge in [0.05, 0.1) is 33.5 Å². The number of para-hydroxylation sites is 3. The van der Waals surface area contributed by atoms with E-state index in [1.807, 2.05) is 12.1 Å². The van der Waals surface area contributed by atoms with Gasteiger partial charge in [0.2, 0.25) is 5.95 Å². The third kappa shape index (κ3) is 5.08. The molecule has 0 atom stereocenters. The van der Waals surface area contributed by atoms with Crippen LogP contribution in [0.1, 0.15) is 0 Å². The number of aromatic nitrogens is 4. The molecule has 0 N–H and O–H groups in total. The van der Waals surface area contributed by atoms with Gasteiger partial charge in [-0.25, -0.2) is 9.97 Å². The predicted molar refractivity (Wildman–Crippen MR) is 232 cm³/mol. The van der Waals surface area contributed by atoms with Crippen molar-refractivity contribution >= 4 is 43.6 Å². The summed E-state index contributed by atoms with van der Waals surface area (Å²) in [6, 6.07) is 73.2. The third-order valence-corrected chi connectivity index (χ3v) is 11.0. The van der Waals surface area contributed by atoms with Crippen LogP contribution in [0.3, 0.4) is 0 Å². The van der Waals surface area contributed by atoms with Crippen molar-refractivity contribution in [2.45, 2.75) is 0 Å². The molecule has 11 aromatic rings. The maximum absolute atomic E-state index is 5.32. The molecule has 4 heteroatoms. The summed E-state index contributed by atoms with van der Waals surface area (Å²) in [6.07, 6.45) is 0. The number of rotatable bonds is 6. The number of benzene rings is 8. The summed E-state index contributed by atoms with van der Waals surface area (Å²) >= 11 is 0. The lowest BCUT2D eigenvalue weighted by atomic mass is 9.89. The second-order valence-electron chi connectivity index (χ2n) is 14.2. The molecule has 0 saturated carbocycles. The molecule has 0 saturated heterocycles. The van der Waals surface area contributed by atoms with Gasteiger partial charge in [-0.15, -0.1) is 0 Å². The van der Waals surface area contributed by atoms with E-state index in [0.29, 0.717) is 5.95 Å². The summed E-state index contributed by atoms with van der Waals surface area (Å²) in [6.45, 7) is 0. The molecule has 4 nitrogen and oxygen atoms in total. The zero-order valence-electron chi connectivity index (χ0n) is 30.4. The molecule has 0 radical (unpaired) electrons. The summed E-state index contributed by atoms with van der Waals surface area (Å²) in [4.78, 5) is 10.6. The first-order valence-corrected chi connectivity index (χ1v) is 19.0. The Hall–Kier alpha value is -7.56. The topological polar surface area (TPSA) is 35.6 Å². The van der Waals surface area contributed by atoms with E-state index in [2.05, 4.69) is 203 Å². The molecular formula is C52H34N4. The van der Waals surface area contributed by atoms with Gasteiger partial charge in [-0.05, 0) is 53.1 Å². The van der Waals surface area contributed by atoms with Crippen LogP contribution >= 0.6 is 0 Å². The number of nitrogens with zero attached hydrogens (tertiary/aromatic N) is 4. The van der Waals surface area contributed by atoms with Crippen molar-refractivity contribution in [3.8, 4) is 56.4 Å². The van der Waals surface area contributed by atoms with E-state index in [1.165, 1.54) is 38.5 Å². The highest BCUT2D eigenvalue weighted by atomic mass is 15.2. The molecule has 8 aromatic carbocycles. The van der Waals surface area contributed by atoms with Crippen molar-refractivity contribution in [1.29, 1.82) is 0 Å². The molecule has 0 unspecified atom stereocenters. The molecule has 0 spiro atoms. The summed E-state index contributed by atoms with van der Waals surface area (Å²) in [7, 11) is 0. The maximum Gasteiger partial charge on any atom is 0.235 e. The minimum Gasteiger partial charge on any atom is -0.309 e. The van der Waals surface area contributed by atoms with Crippen LogP contribution in [-0.4, -0.2) is 19.1 Å². The molecule has 0 aliphatic rings. The fourth-order valence-corrected chi connectivity index (χ4v) is 8.53. The van der Waals surface area contributed by atoms with E-state index >= 15 is 0 Å². The Bertz CT molecular complexity index is 3160. The van der Waals surface area contributed by atoms with Crippen molar-refractivity contribution in [2.75, 3.05) is 0 Å². The summed E-state index contributed by atoms with van der Waals surface area (Å²) in [5.41, 5.74) is 14.1. The number of hydrogen-bond donors (Lipinski definition) is 0. The molecule has 11 rings (SSSR count). The van der Waals surface area contributed by atoms with Crippen LogP contribution in [0.2, 0.25) is 0 Å². The highest BCUT2D eigenvalue weighted by Crippen LogP contribution is 2.47. The quantitative estimate of drug-likeness (QED) is 0.172. The zero-order chi connectivity index (χ0) is 37.0. The van der Waals surface area contributed by atoms with Gasteiger partial charge in [0.15, 0.2) is 0 Å². The van der Waals surface area contributed by atoms with Gasteiger partial charge in [0.1, 0.15) is 0 Å². The summed E-state index contributed by atoms with van der Waals surface area (Å²) in [5, 5.41) is 4.74. The molecule has 3 heterocycles. The van der Waals surface area contributed by atoms with Crippen LogP contribution in [-0.2, 0) is 0 Å². The lowest BCUT2D eigenvalue weighted by Gasteiger charge is -2.17. The van der Waals surface area contributed by atoms with Crippen LogP contribution in [0.5, 0.6) is 0 Å². The molecule has 0 fully saturated rings. The molecular weight excluding hydrogens is 681 g/mol. The Kier molecular flexibility index (Phi) is 7.46. The monoisotopic (exact) mass is 714 g/mol. The SMILES string of the molecule is c1ccc(-c2cc(-c3ccccc3)nc(-n3c4ccccc4c4c(-c5c(-c6ccccc6)ccc6c7ccccc7n(-c7ccccc7)c56)cccc43)n2)cc1. The maximum atomic E-state index is 5.32. The van der Waals surface area contributed by atoms with Crippen molar-refractivity contribution in [3.05, 3.63) is 206 Å². The molecule has 262 valence electrons. The van der Waals surface area contributed by atoms with E-state index in [9.17, 15) is 0 Å². The van der Waals surface area contributed by atoms with Gasteiger partial charge in [-0.3, -0.25) is 4.57 Å². The molecule has 0 aliphatic heterocycles. The summed E-state index contributed by atoms with van der Waals surface area (Å²) in [5.74, 6) is 0.633. The van der Waals surface area contributed by atoms with Crippen LogP contribution in [0.4, 0.5) is 0 Å². The normalized spacial score (nSPS) is 11.6. The third-order valence-electron chi connectivity index (χ3n) is 11.0. The lowest BCUT2D eigenvalue weighted by Crippen LogP contribution is -2.04. The standard InChI is InChI=1S/C52H34N4/c1-5-18-35(19-6-1)39-32-33-41-40-26-13-15-29-46(40)55(38-24-11-4-12-25-38)51(41)50(39)43-28-17-31-48-49(43)42-27-14-16-30-47(42)56(48)52-53-44(36-20-7-2-8-21-36)34-45(54-52)37-22-9-3-10-23-37/h1-34H. The highest BCUT2D eigenvalue weighted by Gasteiger charge is 2.25. The van der Waals surface area contributed by atoms with Gasteiger partial charge in [0.25, 0.3) is 0 Å². The smallest absolute Gasteiger partial charge is 0.235 e. The van der Waals surface area contributed by atoms with E-state index < -0.39 is 0 Å². The second kappa shape index (κ2) is 13.1. The Labute approximate surface area is 324 Å². The minimum absolute atomic E-state index is 0.633. The largest absolute Gasteiger partial charge is 0.309 e. The highest BCUT2D eigenvalue weighted by molar-refractivity contribution is 6.22. The van der Waals surface area contributed by atoms with Crippen molar-refractivity contribution in [2.24, 2.45) is 0 Å².